The molecule has 0 aromatic rings. The average molecular weight is 486 g/mol. The quantitative estimate of drug-likeness (QED) is 0.162. The van der Waals surface area contributed by atoms with Crippen LogP contribution in [0.15, 0.2) is 12.2 Å². The molecule has 4 N–H and O–H groups in total. The lowest BCUT2D eigenvalue weighted by molar-refractivity contribution is -0.262. The summed E-state index contributed by atoms with van der Waals surface area (Å²) in [5.74, 6) is -0.135. The fourth-order valence-electron chi connectivity index (χ4n) is 4.46. The smallest absolute Gasteiger partial charge is 0.224 e. The van der Waals surface area contributed by atoms with Crippen molar-refractivity contribution in [3.05, 3.63) is 12.2 Å². The normalized spacial score (nSPS) is 25.2. The summed E-state index contributed by atoms with van der Waals surface area (Å²) in [7, 11) is 0. The first-order valence-electron chi connectivity index (χ1n) is 13.7. The van der Waals surface area contributed by atoms with Gasteiger partial charge in [0.15, 0.2) is 6.23 Å². The van der Waals surface area contributed by atoms with Crippen molar-refractivity contribution in [2.45, 2.75) is 141 Å². The SMILES string of the molecule is CCCCCCCC/C=C\CCCCCCCC(=O)N(CCC)[C@@H]1O[C@H](CO)[C@@H](O)[C@H](O)[C@H]1O. The second-order valence-electron chi connectivity index (χ2n) is 9.64. The van der Waals surface area contributed by atoms with Gasteiger partial charge in [-0.05, 0) is 38.5 Å². The van der Waals surface area contributed by atoms with Gasteiger partial charge >= 0.3 is 0 Å². The molecule has 0 aromatic carbocycles. The summed E-state index contributed by atoms with van der Waals surface area (Å²) < 4.78 is 5.58. The van der Waals surface area contributed by atoms with Crippen LogP contribution in [0.1, 0.15) is 110 Å². The maximum absolute atomic E-state index is 12.8. The maximum atomic E-state index is 12.8. The standard InChI is InChI=1S/C27H51NO6/c1-3-5-6-7-8-9-10-11-12-13-14-15-16-17-18-19-23(30)28(20-4-2)27-26(33)25(32)24(31)22(21-29)34-27/h11-12,22,24-27,29,31-33H,3-10,13-21H2,1-2H3/b12-11-/t22-,24-,25+,26-,27-/m1/s1. The highest BCUT2D eigenvalue weighted by molar-refractivity contribution is 5.76. The number of aliphatic hydroxyl groups excluding tert-OH is 4. The molecule has 7 heteroatoms. The van der Waals surface area contributed by atoms with Crippen LogP contribution in [0, 0.1) is 0 Å². The van der Waals surface area contributed by atoms with Crippen LogP contribution in [0.5, 0.6) is 0 Å². The van der Waals surface area contributed by atoms with E-state index < -0.39 is 37.3 Å². The summed E-state index contributed by atoms with van der Waals surface area (Å²) in [6.07, 6.45) is 14.8. The molecule has 0 spiro atoms. The van der Waals surface area contributed by atoms with Gasteiger partial charge in [-0.1, -0.05) is 77.4 Å². The topological polar surface area (TPSA) is 110 Å². The summed E-state index contributed by atoms with van der Waals surface area (Å²) in [5, 5.41) is 39.8. The molecule has 200 valence electrons. The zero-order valence-electron chi connectivity index (χ0n) is 21.6. The molecule has 0 bridgehead atoms. The number of nitrogens with zero attached hydrogens (tertiary/aromatic N) is 1. The van der Waals surface area contributed by atoms with E-state index in [4.69, 9.17) is 4.74 Å². The molecule has 1 amide bonds. The molecule has 5 atom stereocenters. The van der Waals surface area contributed by atoms with Gasteiger partial charge in [0.05, 0.1) is 6.61 Å². The highest BCUT2D eigenvalue weighted by Gasteiger charge is 2.46. The molecule has 7 nitrogen and oxygen atoms in total. The Bertz CT molecular complexity index is 541. The molecule has 1 rings (SSSR count). The molecule has 1 aliphatic rings. The number of carbonyl (C=O) groups is 1. The van der Waals surface area contributed by atoms with E-state index in [1.807, 2.05) is 6.92 Å². The van der Waals surface area contributed by atoms with E-state index in [1.165, 1.54) is 56.3 Å². The molecule has 34 heavy (non-hydrogen) atoms. The third kappa shape index (κ3) is 11.6. The third-order valence-electron chi connectivity index (χ3n) is 6.61. The first-order valence-corrected chi connectivity index (χ1v) is 13.7. The summed E-state index contributed by atoms with van der Waals surface area (Å²) in [5.41, 5.74) is 0. The first-order chi connectivity index (χ1) is 16.5. The highest BCUT2D eigenvalue weighted by atomic mass is 16.6. The number of hydrogen-bond acceptors (Lipinski definition) is 6. The Morgan fingerprint density at radius 2 is 1.32 bits per heavy atom. The van der Waals surface area contributed by atoms with Gasteiger partial charge in [0.2, 0.25) is 5.91 Å². The lowest BCUT2D eigenvalue weighted by atomic mass is 9.97. The summed E-state index contributed by atoms with van der Waals surface area (Å²) >= 11 is 0. The fraction of sp³-hybridized carbons (Fsp3) is 0.889. The third-order valence-corrected chi connectivity index (χ3v) is 6.61. The molecular formula is C27H51NO6. The average Bonchev–Trinajstić information content (AvgIpc) is 2.84. The van der Waals surface area contributed by atoms with Crippen molar-refractivity contribution < 1.29 is 30.0 Å². The van der Waals surface area contributed by atoms with Gasteiger partial charge in [-0.15, -0.1) is 0 Å². The minimum atomic E-state index is -1.47. The summed E-state index contributed by atoms with van der Waals surface area (Å²) in [4.78, 5) is 14.3. The van der Waals surface area contributed by atoms with Gasteiger partial charge in [-0.2, -0.15) is 0 Å². The van der Waals surface area contributed by atoms with Crippen molar-refractivity contribution in [1.29, 1.82) is 0 Å². The predicted molar refractivity (Wildman–Crippen MR) is 135 cm³/mol. The Labute approximate surface area is 207 Å². The van der Waals surface area contributed by atoms with Gasteiger partial charge in [-0.25, -0.2) is 0 Å². The molecule has 0 aliphatic carbocycles. The number of allylic oxidation sites excluding steroid dienone is 2. The number of rotatable bonds is 19. The lowest BCUT2D eigenvalue weighted by Crippen LogP contribution is -2.64. The Morgan fingerprint density at radius 3 is 1.88 bits per heavy atom. The summed E-state index contributed by atoms with van der Waals surface area (Å²) in [6, 6.07) is 0. The van der Waals surface area contributed by atoms with E-state index in [1.54, 1.807) is 0 Å². The van der Waals surface area contributed by atoms with Crippen LogP contribution in [-0.2, 0) is 9.53 Å². The van der Waals surface area contributed by atoms with Crippen molar-refractivity contribution in [3.63, 3.8) is 0 Å². The molecule has 0 radical (unpaired) electrons. The Balaban J connectivity index is 2.21. The van der Waals surface area contributed by atoms with Gasteiger partial charge in [-0.3, -0.25) is 4.79 Å². The number of aliphatic hydroxyl groups is 4. The minimum Gasteiger partial charge on any atom is -0.394 e. The number of hydrogen-bond donors (Lipinski definition) is 4. The molecule has 1 heterocycles. The van der Waals surface area contributed by atoms with Crippen LogP contribution >= 0.6 is 0 Å². The molecule has 1 fully saturated rings. The largest absolute Gasteiger partial charge is 0.394 e. The second-order valence-corrected chi connectivity index (χ2v) is 9.64. The van der Waals surface area contributed by atoms with E-state index in [9.17, 15) is 25.2 Å². The van der Waals surface area contributed by atoms with Gasteiger partial charge in [0, 0.05) is 13.0 Å². The first kappa shape index (κ1) is 31.0. The van der Waals surface area contributed by atoms with Crippen molar-refractivity contribution in [1.82, 2.24) is 4.90 Å². The van der Waals surface area contributed by atoms with Crippen molar-refractivity contribution in [3.8, 4) is 0 Å². The zero-order chi connectivity index (χ0) is 25.2. The minimum absolute atomic E-state index is 0.135. The zero-order valence-corrected chi connectivity index (χ0v) is 21.6. The Morgan fingerprint density at radius 1 is 0.765 bits per heavy atom. The molecule has 0 unspecified atom stereocenters. The van der Waals surface area contributed by atoms with Gasteiger partial charge < -0.3 is 30.1 Å². The number of amides is 1. The van der Waals surface area contributed by atoms with Crippen LogP contribution in [0.3, 0.4) is 0 Å². The number of carbonyl (C=O) groups excluding carboxylic acids is 1. The van der Waals surface area contributed by atoms with Crippen molar-refractivity contribution >= 4 is 5.91 Å². The van der Waals surface area contributed by atoms with Crippen molar-refractivity contribution in [2.75, 3.05) is 13.2 Å². The van der Waals surface area contributed by atoms with Crippen LogP contribution in [0.25, 0.3) is 0 Å². The van der Waals surface area contributed by atoms with Crippen LogP contribution in [0.4, 0.5) is 0 Å². The number of ether oxygens (including phenoxy) is 1. The number of unbranched alkanes of at least 4 members (excludes halogenated alkanes) is 11. The van der Waals surface area contributed by atoms with E-state index in [-0.39, 0.29) is 5.91 Å². The van der Waals surface area contributed by atoms with Crippen LogP contribution in [0.2, 0.25) is 0 Å². The molecule has 1 saturated heterocycles. The van der Waals surface area contributed by atoms with Gasteiger partial charge in [0.1, 0.15) is 24.4 Å². The molecular weight excluding hydrogens is 434 g/mol. The van der Waals surface area contributed by atoms with E-state index in [2.05, 4.69) is 19.1 Å². The van der Waals surface area contributed by atoms with Crippen molar-refractivity contribution in [2.24, 2.45) is 0 Å². The Hall–Kier alpha value is -0.990. The molecule has 1 aliphatic heterocycles. The maximum Gasteiger partial charge on any atom is 0.224 e. The second kappa shape index (κ2) is 19.2. The lowest BCUT2D eigenvalue weighted by Gasteiger charge is -2.44. The molecule has 0 aromatic heterocycles. The fourth-order valence-corrected chi connectivity index (χ4v) is 4.46. The predicted octanol–water partition coefficient (Wildman–Crippen LogP) is 4.06. The van der Waals surface area contributed by atoms with E-state index >= 15 is 0 Å². The van der Waals surface area contributed by atoms with Gasteiger partial charge in [0.25, 0.3) is 0 Å². The highest BCUT2D eigenvalue weighted by Crippen LogP contribution is 2.25. The van der Waals surface area contributed by atoms with E-state index in [0.29, 0.717) is 19.4 Å². The van der Waals surface area contributed by atoms with Crippen LogP contribution in [-0.4, -0.2) is 75.0 Å². The summed E-state index contributed by atoms with van der Waals surface area (Å²) in [6.45, 7) is 4.06. The molecule has 0 saturated carbocycles. The van der Waals surface area contributed by atoms with E-state index in [0.717, 1.165) is 32.1 Å². The van der Waals surface area contributed by atoms with Crippen LogP contribution < -0.4 is 0 Å². The Kier molecular flexibility index (Phi) is 17.6. The monoisotopic (exact) mass is 485 g/mol.